The summed E-state index contributed by atoms with van der Waals surface area (Å²) in [4.78, 5) is 12.4. The monoisotopic (exact) mass is 366 g/mol. The number of hydrogen-bond donors (Lipinski definition) is 2. The number of nitrogens with one attached hydrogen (secondary N) is 2. The number of para-hydroxylation sites is 3. The summed E-state index contributed by atoms with van der Waals surface area (Å²) < 4.78 is 34.5. The lowest BCUT2D eigenvalue weighted by molar-refractivity contribution is -0.0493. The average Bonchev–Trinajstić information content (AvgIpc) is 2.55. The number of thiocarbonyl (C=S) groups is 1. The zero-order valence-corrected chi connectivity index (χ0v) is 14.3. The highest BCUT2D eigenvalue weighted by Gasteiger charge is 2.16. The van der Waals surface area contributed by atoms with Crippen LogP contribution in [0.3, 0.4) is 0 Å². The highest BCUT2D eigenvalue weighted by Crippen LogP contribution is 2.26. The van der Waals surface area contributed by atoms with Crippen molar-refractivity contribution in [2.24, 2.45) is 0 Å². The number of hydrogen-bond acceptors (Lipinski definition) is 4. The molecule has 2 rings (SSSR count). The predicted octanol–water partition coefficient (Wildman–Crippen LogP) is 3.73. The van der Waals surface area contributed by atoms with Crippen LogP contribution in [0.25, 0.3) is 0 Å². The Labute approximate surface area is 148 Å². The van der Waals surface area contributed by atoms with Crippen LogP contribution in [-0.4, -0.2) is 24.7 Å². The van der Waals surface area contributed by atoms with E-state index in [1.807, 2.05) is 13.0 Å². The van der Waals surface area contributed by atoms with Crippen molar-refractivity contribution in [1.29, 1.82) is 0 Å². The first-order chi connectivity index (χ1) is 11.9. The zero-order valence-electron chi connectivity index (χ0n) is 13.5. The number of alkyl halides is 2. The van der Waals surface area contributed by atoms with Crippen LogP contribution in [0.1, 0.15) is 15.9 Å². The van der Waals surface area contributed by atoms with Gasteiger partial charge in [-0.05, 0) is 42.9 Å². The van der Waals surface area contributed by atoms with Crippen LogP contribution >= 0.6 is 12.2 Å². The van der Waals surface area contributed by atoms with Gasteiger partial charge in [0.1, 0.15) is 11.5 Å². The number of ether oxygens (including phenoxy) is 2. The van der Waals surface area contributed by atoms with Gasteiger partial charge in [-0.1, -0.05) is 24.3 Å². The van der Waals surface area contributed by atoms with Gasteiger partial charge >= 0.3 is 6.61 Å². The predicted molar refractivity (Wildman–Crippen MR) is 94.5 cm³/mol. The topological polar surface area (TPSA) is 59.6 Å². The molecule has 0 atom stereocenters. The van der Waals surface area contributed by atoms with Crippen molar-refractivity contribution in [1.82, 2.24) is 5.32 Å². The number of carbonyl (C=O) groups excluding carboxylic acids is 1. The molecule has 0 spiro atoms. The van der Waals surface area contributed by atoms with E-state index in [1.165, 1.54) is 19.2 Å². The van der Waals surface area contributed by atoms with E-state index in [-0.39, 0.29) is 16.5 Å². The Bertz CT molecular complexity index is 784. The Morgan fingerprint density at radius 2 is 1.88 bits per heavy atom. The molecule has 1 amide bonds. The fraction of sp³-hybridized carbons (Fsp3) is 0.176. The Morgan fingerprint density at radius 1 is 1.16 bits per heavy atom. The van der Waals surface area contributed by atoms with Crippen LogP contribution in [0.4, 0.5) is 14.5 Å². The second-order valence-electron chi connectivity index (χ2n) is 4.94. The molecule has 0 fully saturated rings. The number of aryl methyl sites for hydroxylation is 1. The first kappa shape index (κ1) is 18.6. The maximum absolute atomic E-state index is 12.4. The van der Waals surface area contributed by atoms with Crippen molar-refractivity contribution in [3.63, 3.8) is 0 Å². The molecule has 2 N–H and O–H groups in total. The summed E-state index contributed by atoms with van der Waals surface area (Å²) in [5.74, 6) is -0.128. The third-order valence-electron chi connectivity index (χ3n) is 3.24. The van der Waals surface area contributed by atoms with E-state index < -0.39 is 12.5 Å². The highest BCUT2D eigenvalue weighted by molar-refractivity contribution is 7.80. The van der Waals surface area contributed by atoms with Gasteiger partial charge in [0.25, 0.3) is 5.91 Å². The van der Waals surface area contributed by atoms with Crippen LogP contribution in [-0.2, 0) is 0 Å². The molecule has 0 heterocycles. The Hall–Kier alpha value is -2.74. The summed E-state index contributed by atoms with van der Waals surface area (Å²) in [6.07, 6.45) is 0. The van der Waals surface area contributed by atoms with Gasteiger partial charge in [-0.3, -0.25) is 10.1 Å². The molecule has 0 radical (unpaired) electrons. The molecule has 2 aromatic rings. The minimum absolute atomic E-state index is 0.0566. The summed E-state index contributed by atoms with van der Waals surface area (Å²) >= 11 is 5.07. The molecule has 0 saturated heterocycles. The van der Waals surface area contributed by atoms with E-state index >= 15 is 0 Å². The quantitative estimate of drug-likeness (QED) is 0.790. The minimum Gasteiger partial charge on any atom is -0.496 e. The molecule has 5 nitrogen and oxygen atoms in total. The maximum Gasteiger partial charge on any atom is 0.387 e. The molecule has 0 saturated carbocycles. The van der Waals surface area contributed by atoms with Gasteiger partial charge in [-0.2, -0.15) is 8.78 Å². The average molecular weight is 366 g/mol. The van der Waals surface area contributed by atoms with Crippen LogP contribution in [0, 0.1) is 6.92 Å². The van der Waals surface area contributed by atoms with Crippen LogP contribution < -0.4 is 20.1 Å². The third-order valence-corrected chi connectivity index (χ3v) is 3.44. The number of rotatable bonds is 5. The SMILES string of the molecule is COc1c(C)cccc1C(=O)NC(=S)Nc1ccccc1OC(F)F. The summed E-state index contributed by atoms with van der Waals surface area (Å²) in [6.45, 7) is -1.16. The van der Waals surface area contributed by atoms with E-state index in [0.717, 1.165) is 5.56 Å². The maximum atomic E-state index is 12.4. The molecule has 132 valence electrons. The molecule has 0 unspecified atom stereocenters. The third kappa shape index (κ3) is 4.87. The molecule has 2 aromatic carbocycles. The molecule has 0 aliphatic rings. The van der Waals surface area contributed by atoms with Gasteiger partial charge in [-0.15, -0.1) is 0 Å². The standard InChI is InChI=1S/C17H16F2N2O3S/c1-10-6-5-7-11(14(10)23-2)15(22)21-17(25)20-12-8-3-4-9-13(12)24-16(18)19/h3-9,16H,1-2H3,(H2,20,21,22,25). The largest absolute Gasteiger partial charge is 0.496 e. The molecule has 0 aliphatic heterocycles. The number of anilines is 1. The smallest absolute Gasteiger partial charge is 0.387 e. The van der Waals surface area contributed by atoms with Crippen molar-refractivity contribution in [3.05, 3.63) is 53.6 Å². The number of methoxy groups -OCH3 is 1. The Morgan fingerprint density at radius 3 is 2.56 bits per heavy atom. The van der Waals surface area contributed by atoms with E-state index in [9.17, 15) is 13.6 Å². The van der Waals surface area contributed by atoms with E-state index in [0.29, 0.717) is 11.3 Å². The fourth-order valence-electron chi connectivity index (χ4n) is 2.19. The minimum atomic E-state index is -2.97. The van der Waals surface area contributed by atoms with Gasteiger partial charge < -0.3 is 14.8 Å². The summed E-state index contributed by atoms with van der Waals surface area (Å²) in [7, 11) is 1.47. The van der Waals surface area contributed by atoms with Gasteiger partial charge in [0.15, 0.2) is 5.11 Å². The van der Waals surface area contributed by atoms with Crippen LogP contribution in [0.15, 0.2) is 42.5 Å². The first-order valence-corrected chi connectivity index (χ1v) is 7.63. The number of amides is 1. The van der Waals surface area contributed by atoms with Crippen molar-refractivity contribution in [2.75, 3.05) is 12.4 Å². The van der Waals surface area contributed by atoms with Crippen LogP contribution in [0.5, 0.6) is 11.5 Å². The molecule has 8 heteroatoms. The van der Waals surface area contributed by atoms with Crippen LogP contribution in [0.2, 0.25) is 0 Å². The van der Waals surface area contributed by atoms with Crippen molar-refractivity contribution < 1.29 is 23.0 Å². The Kier molecular flexibility index (Phi) is 6.24. The van der Waals surface area contributed by atoms with Crippen molar-refractivity contribution >= 4 is 28.9 Å². The summed E-state index contributed by atoms with van der Waals surface area (Å²) in [6, 6.07) is 11.2. The number of halogens is 2. The Balaban J connectivity index is 2.11. The second kappa shape index (κ2) is 8.39. The number of carbonyl (C=O) groups is 1. The number of benzene rings is 2. The normalized spacial score (nSPS) is 10.3. The molecular weight excluding hydrogens is 350 g/mol. The first-order valence-electron chi connectivity index (χ1n) is 7.22. The van der Waals surface area contributed by atoms with E-state index in [1.54, 1.807) is 24.3 Å². The van der Waals surface area contributed by atoms with E-state index in [4.69, 9.17) is 17.0 Å². The van der Waals surface area contributed by atoms with Gasteiger partial charge in [0.05, 0.1) is 18.4 Å². The zero-order chi connectivity index (χ0) is 18.4. The molecule has 0 bridgehead atoms. The lowest BCUT2D eigenvalue weighted by Crippen LogP contribution is -2.34. The lowest BCUT2D eigenvalue weighted by atomic mass is 10.1. The van der Waals surface area contributed by atoms with E-state index in [2.05, 4.69) is 15.4 Å². The van der Waals surface area contributed by atoms with Gasteiger partial charge in [0.2, 0.25) is 0 Å². The van der Waals surface area contributed by atoms with Crippen molar-refractivity contribution in [2.45, 2.75) is 13.5 Å². The fourth-order valence-corrected chi connectivity index (χ4v) is 2.40. The molecule has 0 aromatic heterocycles. The highest BCUT2D eigenvalue weighted by atomic mass is 32.1. The molecular formula is C17H16F2N2O3S. The van der Waals surface area contributed by atoms with Crippen molar-refractivity contribution in [3.8, 4) is 11.5 Å². The molecule has 25 heavy (non-hydrogen) atoms. The summed E-state index contributed by atoms with van der Waals surface area (Å²) in [5, 5.41) is 5.10. The second-order valence-corrected chi connectivity index (χ2v) is 5.35. The summed E-state index contributed by atoms with van der Waals surface area (Å²) in [5.41, 5.74) is 1.32. The molecule has 0 aliphatic carbocycles. The van der Waals surface area contributed by atoms with Gasteiger partial charge in [-0.25, -0.2) is 0 Å². The lowest BCUT2D eigenvalue weighted by Gasteiger charge is -2.15. The van der Waals surface area contributed by atoms with Gasteiger partial charge in [0, 0.05) is 0 Å².